The average Bonchev–Trinajstić information content (AvgIpc) is 3.73. The van der Waals surface area contributed by atoms with E-state index in [1.807, 2.05) is 30.9 Å². The molecule has 7 heteroatoms. The summed E-state index contributed by atoms with van der Waals surface area (Å²) in [7, 11) is 0. The molecule has 0 amide bonds. The van der Waals surface area contributed by atoms with Gasteiger partial charge in [0, 0.05) is 51.7 Å². The van der Waals surface area contributed by atoms with E-state index in [4.69, 9.17) is 4.98 Å². The fourth-order valence-electron chi connectivity index (χ4n) is 5.55. The molecule has 5 heterocycles. The molecule has 7 nitrogen and oxygen atoms in total. The maximum atomic E-state index is 4.70. The standard InChI is InChI=1S/C31H27N7/c1-19(20-6-2-3-7-20)35-23-12-22(16-33-17-23)28-14-26-30(18-34-28)37-38-31(26)29-13-25-24(9-4-10-27(25)36-29)21-8-5-11-32-15-21/h4-5,8-18,20,35-36H,1-3,6-7H2,(H,37,38). The van der Waals surface area contributed by atoms with Gasteiger partial charge in [0.25, 0.3) is 0 Å². The molecule has 3 N–H and O–H groups in total. The van der Waals surface area contributed by atoms with Crippen LogP contribution in [0, 0.1) is 5.92 Å². The molecule has 1 fully saturated rings. The molecule has 1 aliphatic rings. The molecule has 7 rings (SSSR count). The number of hydrogen-bond acceptors (Lipinski definition) is 5. The molecule has 6 aromatic rings. The number of fused-ring (bicyclic) bond motifs is 2. The Labute approximate surface area is 220 Å². The van der Waals surface area contributed by atoms with Crippen molar-refractivity contribution >= 4 is 27.5 Å². The van der Waals surface area contributed by atoms with E-state index in [9.17, 15) is 0 Å². The molecule has 186 valence electrons. The van der Waals surface area contributed by atoms with Gasteiger partial charge in [-0.15, -0.1) is 0 Å². The highest BCUT2D eigenvalue weighted by molar-refractivity contribution is 6.01. The third kappa shape index (κ3) is 4.02. The first-order valence-electron chi connectivity index (χ1n) is 13.0. The highest BCUT2D eigenvalue weighted by Crippen LogP contribution is 2.35. The monoisotopic (exact) mass is 497 g/mol. The summed E-state index contributed by atoms with van der Waals surface area (Å²) >= 11 is 0. The maximum absolute atomic E-state index is 4.70. The lowest BCUT2D eigenvalue weighted by Crippen LogP contribution is -2.07. The van der Waals surface area contributed by atoms with Crippen LogP contribution in [0.15, 0.2) is 91.8 Å². The Morgan fingerprint density at radius 3 is 2.63 bits per heavy atom. The van der Waals surface area contributed by atoms with Gasteiger partial charge in [-0.05, 0) is 54.7 Å². The molecular weight excluding hydrogens is 470 g/mol. The van der Waals surface area contributed by atoms with Crippen LogP contribution in [0.25, 0.3) is 55.6 Å². The first kappa shape index (κ1) is 22.4. The van der Waals surface area contributed by atoms with Crippen LogP contribution in [0.3, 0.4) is 0 Å². The van der Waals surface area contributed by atoms with Crippen molar-refractivity contribution < 1.29 is 0 Å². The Morgan fingerprint density at radius 2 is 1.76 bits per heavy atom. The van der Waals surface area contributed by atoms with E-state index in [0.29, 0.717) is 5.92 Å². The van der Waals surface area contributed by atoms with Gasteiger partial charge in [-0.1, -0.05) is 37.6 Å². The Kier molecular flexibility index (Phi) is 5.47. The highest BCUT2D eigenvalue weighted by atomic mass is 15.1. The summed E-state index contributed by atoms with van der Waals surface area (Å²) in [6.45, 7) is 4.28. The second-order valence-electron chi connectivity index (χ2n) is 9.97. The first-order chi connectivity index (χ1) is 18.7. The van der Waals surface area contributed by atoms with E-state index < -0.39 is 0 Å². The van der Waals surface area contributed by atoms with Crippen molar-refractivity contribution in [3.05, 3.63) is 91.8 Å². The van der Waals surface area contributed by atoms with Gasteiger partial charge in [0.15, 0.2) is 0 Å². The normalized spacial score (nSPS) is 13.9. The maximum Gasteiger partial charge on any atom is 0.116 e. The number of benzene rings is 1. The minimum atomic E-state index is 0.539. The summed E-state index contributed by atoms with van der Waals surface area (Å²) < 4.78 is 0. The van der Waals surface area contributed by atoms with Crippen molar-refractivity contribution in [2.75, 3.05) is 5.32 Å². The lowest BCUT2D eigenvalue weighted by atomic mass is 10.0. The molecule has 0 atom stereocenters. The second kappa shape index (κ2) is 9.27. The van der Waals surface area contributed by atoms with Gasteiger partial charge in [0.2, 0.25) is 0 Å². The fourth-order valence-corrected chi connectivity index (χ4v) is 5.55. The van der Waals surface area contributed by atoms with Gasteiger partial charge in [-0.2, -0.15) is 5.10 Å². The van der Waals surface area contributed by atoms with E-state index in [2.05, 4.69) is 79.5 Å². The Morgan fingerprint density at radius 1 is 0.868 bits per heavy atom. The van der Waals surface area contributed by atoms with Crippen LogP contribution in [0.1, 0.15) is 25.7 Å². The van der Waals surface area contributed by atoms with Gasteiger partial charge in [0.1, 0.15) is 5.69 Å². The Hall–Kier alpha value is -4.78. The van der Waals surface area contributed by atoms with Gasteiger partial charge >= 0.3 is 0 Å². The number of nitrogens with zero attached hydrogens (tertiary/aromatic N) is 4. The summed E-state index contributed by atoms with van der Waals surface area (Å²) in [5.41, 5.74) is 9.75. The zero-order chi connectivity index (χ0) is 25.5. The second-order valence-corrected chi connectivity index (χ2v) is 9.97. The fraction of sp³-hybridized carbons (Fsp3) is 0.161. The van der Waals surface area contributed by atoms with Crippen LogP contribution in [-0.2, 0) is 0 Å². The summed E-state index contributed by atoms with van der Waals surface area (Å²) in [6, 6.07) is 16.6. The number of hydrogen-bond donors (Lipinski definition) is 3. The number of rotatable bonds is 6. The van der Waals surface area contributed by atoms with Crippen molar-refractivity contribution in [2.24, 2.45) is 5.92 Å². The number of aromatic nitrogens is 6. The number of allylic oxidation sites excluding steroid dienone is 1. The smallest absolute Gasteiger partial charge is 0.116 e. The molecule has 0 spiro atoms. The molecule has 0 unspecified atom stereocenters. The molecule has 0 bridgehead atoms. The lowest BCUT2D eigenvalue weighted by molar-refractivity contribution is 0.649. The highest BCUT2D eigenvalue weighted by Gasteiger charge is 2.19. The predicted molar refractivity (Wildman–Crippen MR) is 152 cm³/mol. The molecule has 38 heavy (non-hydrogen) atoms. The summed E-state index contributed by atoms with van der Waals surface area (Å²) in [6.07, 6.45) is 14.2. The van der Waals surface area contributed by atoms with Crippen molar-refractivity contribution in [3.63, 3.8) is 0 Å². The van der Waals surface area contributed by atoms with Crippen LogP contribution in [0.4, 0.5) is 5.69 Å². The van der Waals surface area contributed by atoms with E-state index in [1.54, 1.807) is 6.20 Å². The molecule has 0 radical (unpaired) electrons. The Bertz CT molecular complexity index is 1770. The lowest BCUT2D eigenvalue weighted by Gasteiger charge is -2.15. The van der Waals surface area contributed by atoms with Crippen LogP contribution in [-0.4, -0.2) is 30.1 Å². The zero-order valence-electron chi connectivity index (χ0n) is 20.9. The van der Waals surface area contributed by atoms with Crippen molar-refractivity contribution in [1.29, 1.82) is 0 Å². The van der Waals surface area contributed by atoms with Gasteiger partial charge in [-0.3, -0.25) is 20.1 Å². The van der Waals surface area contributed by atoms with Gasteiger partial charge in [0.05, 0.1) is 35.0 Å². The van der Waals surface area contributed by atoms with E-state index >= 15 is 0 Å². The average molecular weight is 498 g/mol. The third-order valence-corrected chi connectivity index (χ3v) is 7.53. The van der Waals surface area contributed by atoms with Crippen LogP contribution in [0.2, 0.25) is 0 Å². The predicted octanol–water partition coefficient (Wildman–Crippen LogP) is 7.35. The van der Waals surface area contributed by atoms with Crippen LogP contribution >= 0.6 is 0 Å². The summed E-state index contributed by atoms with van der Waals surface area (Å²) in [5, 5.41) is 13.4. The molecule has 5 aromatic heterocycles. The molecule has 0 saturated heterocycles. The minimum Gasteiger partial charge on any atom is -0.358 e. The third-order valence-electron chi connectivity index (χ3n) is 7.53. The zero-order valence-corrected chi connectivity index (χ0v) is 20.9. The number of H-pyrrole nitrogens is 2. The number of aromatic amines is 2. The Balaban J connectivity index is 1.25. The van der Waals surface area contributed by atoms with Gasteiger partial charge in [-0.25, -0.2) is 0 Å². The minimum absolute atomic E-state index is 0.539. The number of nitrogens with one attached hydrogen (secondary N) is 3. The van der Waals surface area contributed by atoms with Crippen LogP contribution in [0.5, 0.6) is 0 Å². The first-order valence-corrected chi connectivity index (χ1v) is 13.0. The van der Waals surface area contributed by atoms with Crippen LogP contribution < -0.4 is 5.32 Å². The van der Waals surface area contributed by atoms with Crippen molar-refractivity contribution in [1.82, 2.24) is 30.1 Å². The molecule has 1 aromatic carbocycles. The number of pyridine rings is 3. The van der Waals surface area contributed by atoms with E-state index in [0.717, 1.165) is 67.0 Å². The summed E-state index contributed by atoms with van der Waals surface area (Å²) in [4.78, 5) is 17.0. The van der Waals surface area contributed by atoms with E-state index in [-0.39, 0.29) is 0 Å². The molecule has 1 aliphatic carbocycles. The largest absolute Gasteiger partial charge is 0.358 e. The quantitative estimate of drug-likeness (QED) is 0.224. The molecule has 0 aliphatic heterocycles. The topological polar surface area (TPSA) is 95.2 Å². The van der Waals surface area contributed by atoms with E-state index in [1.165, 1.54) is 25.7 Å². The van der Waals surface area contributed by atoms with Crippen molar-refractivity contribution in [3.8, 4) is 33.8 Å². The van der Waals surface area contributed by atoms with Gasteiger partial charge < -0.3 is 10.3 Å². The number of anilines is 1. The SMILES string of the molecule is C=C(Nc1cncc(-c2cc3c(-c4cc5c(-c6cccnc6)cccc5[nH]4)n[nH]c3cn2)c1)C1CCCC1. The van der Waals surface area contributed by atoms with Crippen molar-refractivity contribution in [2.45, 2.75) is 25.7 Å². The summed E-state index contributed by atoms with van der Waals surface area (Å²) in [5.74, 6) is 0.539. The molecular formula is C31H27N7. The molecule has 1 saturated carbocycles.